The molecule has 0 radical (unpaired) electrons. The second-order valence-electron chi connectivity index (χ2n) is 5.31. The van der Waals surface area contributed by atoms with E-state index in [4.69, 9.17) is 18.9 Å². The monoisotopic (exact) mass is 355 g/mol. The lowest BCUT2D eigenvalue weighted by Crippen LogP contribution is -2.06. The highest BCUT2D eigenvalue weighted by Gasteiger charge is 2.26. The highest BCUT2D eigenvalue weighted by molar-refractivity contribution is 6.13. The third kappa shape index (κ3) is 3.19. The summed E-state index contributed by atoms with van der Waals surface area (Å²) in [7, 11) is 4.49. The van der Waals surface area contributed by atoms with Gasteiger partial charge in [0.25, 0.3) is 0 Å². The molecule has 2 aromatic rings. The Balaban J connectivity index is 2.03. The highest BCUT2D eigenvalue weighted by atomic mass is 16.6. The standard InChI is InChI=1S/C19H17NO6/c1-23-15-9-12(10-16(24-2)17(15)25-3)18-20-13(19(22)26-18)8-11-6-4-5-7-14(11)21/h4-10,21H,1-3H3. The summed E-state index contributed by atoms with van der Waals surface area (Å²) in [5.74, 6) is 0.795. The van der Waals surface area contributed by atoms with E-state index in [2.05, 4.69) is 4.99 Å². The van der Waals surface area contributed by atoms with Gasteiger partial charge in [-0.05, 0) is 24.3 Å². The number of methoxy groups -OCH3 is 3. The average molecular weight is 355 g/mol. The summed E-state index contributed by atoms with van der Waals surface area (Å²) in [6.07, 6.45) is 1.46. The summed E-state index contributed by atoms with van der Waals surface area (Å²) >= 11 is 0. The number of para-hydroxylation sites is 1. The van der Waals surface area contributed by atoms with Gasteiger partial charge >= 0.3 is 5.97 Å². The highest BCUT2D eigenvalue weighted by Crippen LogP contribution is 2.39. The number of hydrogen-bond acceptors (Lipinski definition) is 7. The molecule has 0 saturated heterocycles. The fraction of sp³-hybridized carbons (Fsp3) is 0.158. The molecule has 0 amide bonds. The van der Waals surface area contributed by atoms with Crippen LogP contribution in [0.2, 0.25) is 0 Å². The lowest BCUT2D eigenvalue weighted by Gasteiger charge is -2.13. The molecule has 7 nitrogen and oxygen atoms in total. The third-order valence-corrected chi connectivity index (χ3v) is 3.76. The summed E-state index contributed by atoms with van der Waals surface area (Å²) in [5, 5.41) is 9.84. The fourth-order valence-electron chi connectivity index (χ4n) is 2.49. The maximum Gasteiger partial charge on any atom is 0.363 e. The van der Waals surface area contributed by atoms with Crippen molar-refractivity contribution >= 4 is 17.9 Å². The molecule has 134 valence electrons. The van der Waals surface area contributed by atoms with Gasteiger partial charge in [-0.25, -0.2) is 9.79 Å². The quantitative estimate of drug-likeness (QED) is 0.656. The van der Waals surface area contributed by atoms with E-state index in [0.29, 0.717) is 28.4 Å². The topological polar surface area (TPSA) is 86.6 Å². The molecule has 0 fully saturated rings. The van der Waals surface area contributed by atoms with Crippen LogP contribution in [0.4, 0.5) is 0 Å². The van der Waals surface area contributed by atoms with Crippen molar-refractivity contribution in [2.24, 2.45) is 4.99 Å². The Kier molecular flexibility index (Phi) is 4.79. The van der Waals surface area contributed by atoms with Crippen molar-refractivity contribution in [3.8, 4) is 23.0 Å². The first-order chi connectivity index (χ1) is 12.6. The van der Waals surface area contributed by atoms with Crippen molar-refractivity contribution in [1.82, 2.24) is 0 Å². The van der Waals surface area contributed by atoms with Crippen LogP contribution < -0.4 is 14.2 Å². The van der Waals surface area contributed by atoms with E-state index >= 15 is 0 Å². The second kappa shape index (κ2) is 7.18. The zero-order valence-electron chi connectivity index (χ0n) is 14.5. The zero-order valence-corrected chi connectivity index (χ0v) is 14.5. The second-order valence-corrected chi connectivity index (χ2v) is 5.31. The molecule has 0 atom stereocenters. The van der Waals surface area contributed by atoms with Crippen molar-refractivity contribution in [3.63, 3.8) is 0 Å². The van der Waals surface area contributed by atoms with Gasteiger partial charge in [-0.3, -0.25) is 0 Å². The Bertz CT molecular complexity index is 891. The number of ether oxygens (including phenoxy) is 4. The zero-order chi connectivity index (χ0) is 18.7. The van der Waals surface area contributed by atoms with Crippen LogP contribution in [0, 0.1) is 0 Å². The van der Waals surface area contributed by atoms with Gasteiger partial charge in [0.15, 0.2) is 17.2 Å². The molecule has 1 N–H and O–H groups in total. The molecular weight excluding hydrogens is 338 g/mol. The minimum atomic E-state index is -0.614. The molecular formula is C19H17NO6. The van der Waals surface area contributed by atoms with Crippen LogP contribution in [0.25, 0.3) is 6.08 Å². The maximum absolute atomic E-state index is 12.1. The van der Waals surface area contributed by atoms with Crippen molar-refractivity contribution in [2.75, 3.05) is 21.3 Å². The van der Waals surface area contributed by atoms with Crippen LogP contribution in [-0.2, 0) is 9.53 Å². The molecule has 3 rings (SSSR count). The van der Waals surface area contributed by atoms with Crippen LogP contribution in [0.5, 0.6) is 23.0 Å². The number of hydrogen-bond donors (Lipinski definition) is 1. The van der Waals surface area contributed by atoms with Crippen molar-refractivity contribution < 1.29 is 28.8 Å². The Morgan fingerprint density at radius 2 is 1.69 bits per heavy atom. The van der Waals surface area contributed by atoms with E-state index < -0.39 is 5.97 Å². The number of cyclic esters (lactones) is 1. The first-order valence-corrected chi connectivity index (χ1v) is 7.68. The SMILES string of the molecule is COc1cc(C2=NC(=Cc3ccccc3O)C(=O)O2)cc(OC)c1OC. The minimum Gasteiger partial charge on any atom is -0.507 e. The van der Waals surface area contributed by atoms with Crippen molar-refractivity contribution in [1.29, 1.82) is 0 Å². The van der Waals surface area contributed by atoms with Gasteiger partial charge in [0.1, 0.15) is 5.75 Å². The van der Waals surface area contributed by atoms with Crippen LogP contribution in [0.1, 0.15) is 11.1 Å². The lowest BCUT2D eigenvalue weighted by molar-refractivity contribution is -0.129. The number of nitrogens with zero attached hydrogens (tertiary/aromatic N) is 1. The maximum atomic E-state index is 12.1. The number of rotatable bonds is 5. The summed E-state index contributed by atoms with van der Waals surface area (Å²) < 4.78 is 21.1. The first kappa shape index (κ1) is 17.3. The summed E-state index contributed by atoms with van der Waals surface area (Å²) in [5.41, 5.74) is 1.04. The van der Waals surface area contributed by atoms with Crippen molar-refractivity contribution in [2.45, 2.75) is 0 Å². The molecule has 0 saturated carbocycles. The molecule has 0 aliphatic carbocycles. The lowest BCUT2D eigenvalue weighted by atomic mass is 10.1. The molecule has 1 heterocycles. The normalized spacial score (nSPS) is 14.8. The summed E-state index contributed by atoms with van der Waals surface area (Å²) in [6.45, 7) is 0. The number of phenolic OH excluding ortho intramolecular Hbond substituents is 1. The Labute approximate surface area is 150 Å². The van der Waals surface area contributed by atoms with Crippen LogP contribution in [0.3, 0.4) is 0 Å². The smallest absolute Gasteiger partial charge is 0.363 e. The number of carbonyl (C=O) groups is 1. The van der Waals surface area contributed by atoms with Gasteiger partial charge in [-0.1, -0.05) is 18.2 Å². The Morgan fingerprint density at radius 1 is 1.04 bits per heavy atom. The molecule has 0 spiro atoms. The summed E-state index contributed by atoms with van der Waals surface area (Å²) in [4.78, 5) is 16.4. The molecule has 0 aromatic heterocycles. The number of aromatic hydroxyl groups is 1. The Morgan fingerprint density at radius 3 is 2.27 bits per heavy atom. The number of benzene rings is 2. The van der Waals surface area contributed by atoms with Crippen LogP contribution >= 0.6 is 0 Å². The van der Waals surface area contributed by atoms with E-state index in [1.54, 1.807) is 30.3 Å². The van der Waals surface area contributed by atoms with Gasteiger partial charge in [0.05, 0.1) is 21.3 Å². The average Bonchev–Trinajstić information content (AvgIpc) is 3.02. The van der Waals surface area contributed by atoms with E-state index in [0.717, 1.165) is 0 Å². The fourth-order valence-corrected chi connectivity index (χ4v) is 2.49. The number of esters is 1. The molecule has 0 bridgehead atoms. The Hall–Kier alpha value is -3.48. The van der Waals surface area contributed by atoms with Gasteiger partial charge in [0.2, 0.25) is 11.6 Å². The molecule has 7 heteroatoms. The largest absolute Gasteiger partial charge is 0.507 e. The van der Waals surface area contributed by atoms with Gasteiger partial charge in [0, 0.05) is 11.1 Å². The van der Waals surface area contributed by atoms with Gasteiger partial charge < -0.3 is 24.1 Å². The number of phenols is 1. The molecule has 1 aliphatic rings. The molecule has 26 heavy (non-hydrogen) atoms. The van der Waals surface area contributed by atoms with Crippen molar-refractivity contribution in [3.05, 3.63) is 53.2 Å². The molecule has 1 aliphatic heterocycles. The van der Waals surface area contributed by atoms with Crippen LogP contribution in [0.15, 0.2) is 47.1 Å². The van der Waals surface area contributed by atoms with E-state index in [9.17, 15) is 9.90 Å². The summed E-state index contributed by atoms with van der Waals surface area (Å²) in [6, 6.07) is 9.90. The number of carbonyl (C=O) groups excluding carboxylic acids is 1. The minimum absolute atomic E-state index is 0.0456. The molecule has 0 unspecified atom stereocenters. The molecule has 2 aromatic carbocycles. The predicted octanol–water partition coefficient (Wildman–Crippen LogP) is 2.76. The van der Waals surface area contributed by atoms with Gasteiger partial charge in [-0.2, -0.15) is 0 Å². The van der Waals surface area contributed by atoms with E-state index in [-0.39, 0.29) is 17.3 Å². The van der Waals surface area contributed by atoms with E-state index in [1.165, 1.54) is 33.5 Å². The first-order valence-electron chi connectivity index (χ1n) is 7.68. The number of aliphatic imine (C=N–C) groups is 1. The van der Waals surface area contributed by atoms with Gasteiger partial charge in [-0.15, -0.1) is 0 Å². The third-order valence-electron chi connectivity index (χ3n) is 3.76. The predicted molar refractivity (Wildman–Crippen MR) is 94.8 cm³/mol. The van der Waals surface area contributed by atoms with Crippen LogP contribution in [-0.4, -0.2) is 38.3 Å². The van der Waals surface area contributed by atoms with E-state index in [1.807, 2.05) is 0 Å².